The molecule has 0 saturated carbocycles. The zero-order valence-corrected chi connectivity index (χ0v) is 60.8. The number of hydrogen-bond donors (Lipinski definition) is 0. The van der Waals surface area contributed by atoms with Crippen molar-refractivity contribution in [1.29, 1.82) is 0 Å². The monoisotopic (exact) mass is 1300 g/mol. The lowest BCUT2D eigenvalue weighted by Gasteiger charge is -2.28. The van der Waals surface area contributed by atoms with E-state index in [1.54, 1.807) is 0 Å². The van der Waals surface area contributed by atoms with Crippen molar-refractivity contribution in [2.24, 2.45) is 0 Å². The zero-order valence-electron chi connectivity index (χ0n) is 59.9. The summed E-state index contributed by atoms with van der Waals surface area (Å²) in [7, 11) is 1.13. The van der Waals surface area contributed by atoms with Crippen molar-refractivity contribution in [2.75, 3.05) is 47.5 Å². The molecule has 526 valence electrons. The highest BCUT2D eigenvalue weighted by molar-refractivity contribution is 7.45. The maximum absolute atomic E-state index is 12.9. The Morgan fingerprint density at radius 2 is 0.620 bits per heavy atom. The van der Waals surface area contributed by atoms with Gasteiger partial charge in [-0.3, -0.25) is 14.2 Å². The van der Waals surface area contributed by atoms with Crippen molar-refractivity contribution in [3.05, 3.63) is 146 Å². The summed E-state index contributed by atoms with van der Waals surface area (Å²) in [5.74, 6) is -0.884. The van der Waals surface area contributed by atoms with Gasteiger partial charge in [0.05, 0.1) is 27.7 Å². The Morgan fingerprint density at radius 3 is 0.946 bits per heavy atom. The van der Waals surface area contributed by atoms with Gasteiger partial charge in [0.25, 0.3) is 7.82 Å². The van der Waals surface area contributed by atoms with E-state index < -0.39 is 32.5 Å². The number of allylic oxidation sites excluding steroid dienone is 24. The quantitative estimate of drug-likeness (QED) is 0.0195. The molecule has 0 rings (SSSR count). The molecule has 0 aliphatic rings. The number of esters is 2. The molecule has 0 amide bonds. The van der Waals surface area contributed by atoms with Crippen LogP contribution in [-0.4, -0.2) is 70.0 Å². The van der Waals surface area contributed by atoms with Crippen LogP contribution in [0.15, 0.2) is 146 Å². The zero-order chi connectivity index (χ0) is 66.9. The average molecular weight is 1300 g/mol. The summed E-state index contributed by atoms with van der Waals surface area (Å²) in [6.07, 6.45) is 105. The van der Waals surface area contributed by atoms with E-state index in [4.69, 9.17) is 18.5 Å². The highest BCUT2D eigenvalue weighted by atomic mass is 31.2. The van der Waals surface area contributed by atoms with Gasteiger partial charge in [0.2, 0.25) is 0 Å². The minimum atomic E-state index is -4.67. The average Bonchev–Trinajstić information content (AvgIpc) is 2.23. The van der Waals surface area contributed by atoms with Crippen molar-refractivity contribution in [1.82, 2.24) is 0 Å². The first-order chi connectivity index (χ1) is 45.0. The molecular weight excluding hydrogens is 1160 g/mol. The molecule has 0 radical (unpaired) electrons. The van der Waals surface area contributed by atoms with E-state index in [2.05, 4.69) is 160 Å². The van der Waals surface area contributed by atoms with Crippen molar-refractivity contribution in [3.63, 3.8) is 0 Å². The molecule has 0 heterocycles. The summed E-state index contributed by atoms with van der Waals surface area (Å²) >= 11 is 0. The Kier molecular flexibility index (Phi) is 68.0. The lowest BCUT2D eigenvalue weighted by atomic mass is 10.0. The minimum absolute atomic E-state index is 0.0458. The Balaban J connectivity index is 4.10. The third-order valence-corrected chi connectivity index (χ3v) is 16.8. The highest BCUT2D eigenvalue weighted by Crippen LogP contribution is 2.38. The fourth-order valence-corrected chi connectivity index (χ4v) is 10.9. The molecule has 0 saturated heterocycles. The van der Waals surface area contributed by atoms with E-state index in [1.165, 1.54) is 173 Å². The van der Waals surface area contributed by atoms with Gasteiger partial charge in [0.1, 0.15) is 19.8 Å². The van der Waals surface area contributed by atoms with E-state index >= 15 is 0 Å². The van der Waals surface area contributed by atoms with Crippen LogP contribution < -0.4 is 4.89 Å². The summed E-state index contributed by atoms with van der Waals surface area (Å²) < 4.78 is 34.3. The van der Waals surface area contributed by atoms with Crippen LogP contribution in [0.25, 0.3) is 0 Å². The lowest BCUT2D eigenvalue weighted by molar-refractivity contribution is -0.870. The third-order valence-electron chi connectivity index (χ3n) is 15.8. The van der Waals surface area contributed by atoms with E-state index in [1.807, 2.05) is 21.1 Å². The number of phosphoric ester groups is 1. The van der Waals surface area contributed by atoms with Crippen molar-refractivity contribution >= 4 is 19.8 Å². The summed E-state index contributed by atoms with van der Waals surface area (Å²) in [6.45, 7) is 4.08. The summed E-state index contributed by atoms with van der Waals surface area (Å²) in [5.41, 5.74) is 0. The van der Waals surface area contributed by atoms with Gasteiger partial charge < -0.3 is 27.9 Å². The van der Waals surface area contributed by atoms with E-state index in [-0.39, 0.29) is 26.1 Å². The maximum Gasteiger partial charge on any atom is 0.306 e. The molecule has 92 heavy (non-hydrogen) atoms. The number of quaternary nitrogens is 1. The Bertz CT molecular complexity index is 2070. The van der Waals surface area contributed by atoms with Gasteiger partial charge in [-0.15, -0.1) is 0 Å². The largest absolute Gasteiger partial charge is 0.756 e. The summed E-state index contributed by atoms with van der Waals surface area (Å²) in [5, 5.41) is 0. The number of ether oxygens (including phenoxy) is 2. The number of unbranched alkanes of at least 4 members (excludes halogenated alkanes) is 30. The number of phosphoric acid groups is 1. The molecule has 0 aliphatic heterocycles. The lowest BCUT2D eigenvalue weighted by Crippen LogP contribution is -2.37. The van der Waals surface area contributed by atoms with E-state index in [9.17, 15) is 19.0 Å². The molecule has 0 aliphatic carbocycles. The van der Waals surface area contributed by atoms with E-state index in [0.717, 1.165) is 103 Å². The number of hydrogen-bond acceptors (Lipinski definition) is 8. The second-order valence-electron chi connectivity index (χ2n) is 25.9. The number of likely N-dealkylation sites (N-methyl/N-ethyl adjacent to an activating group) is 1. The molecule has 0 aromatic heterocycles. The standard InChI is InChI=1S/C82H140NO8P/c1-6-8-10-12-14-16-18-20-22-24-26-28-30-32-34-36-38-40-41-43-44-46-48-50-52-54-56-58-60-62-64-66-68-70-72-74-81(84)88-78-80(79-90-92(86,87)89-77-76-83(3,4)5)91-82(85)75-73-71-69-67-65-63-61-59-57-55-53-51-49-47-45-42-39-37-35-33-31-29-27-25-23-21-19-17-15-13-11-9-7-2/h9,11,15,17-18,20-21,23-24,26-27,29,33,35,39,42,47,49,53,55,59,61,65,67,80H,6-8,10,12-14,16,19,22,25,28,30-32,34,36-38,40-41,43-46,48,50-52,54,56-58,60,62-64,66,68-79H2,1-5H3/b11-9-,17-15-,20-18-,23-21-,26-24-,29-27-,35-33-,42-39-,49-47-,55-53-,61-59-,67-65-. The van der Waals surface area contributed by atoms with Crippen LogP contribution >= 0.6 is 7.82 Å². The van der Waals surface area contributed by atoms with Gasteiger partial charge in [-0.05, 0) is 122 Å². The molecule has 0 aromatic carbocycles. The molecule has 0 fully saturated rings. The maximum atomic E-state index is 12.9. The number of rotatable bonds is 68. The van der Waals surface area contributed by atoms with Gasteiger partial charge in [-0.1, -0.05) is 320 Å². The van der Waals surface area contributed by atoms with Crippen LogP contribution in [0.2, 0.25) is 0 Å². The van der Waals surface area contributed by atoms with Crippen LogP contribution in [0.1, 0.15) is 309 Å². The topological polar surface area (TPSA) is 111 Å². The van der Waals surface area contributed by atoms with Crippen LogP contribution in [0.4, 0.5) is 0 Å². The first kappa shape index (κ1) is 87.9. The molecule has 0 spiro atoms. The van der Waals surface area contributed by atoms with Gasteiger partial charge in [-0.25, -0.2) is 0 Å². The van der Waals surface area contributed by atoms with Gasteiger partial charge in [0.15, 0.2) is 6.10 Å². The highest BCUT2D eigenvalue weighted by Gasteiger charge is 2.22. The molecule has 0 N–H and O–H groups in total. The number of carbonyl (C=O) groups excluding carboxylic acids is 2. The number of carbonyl (C=O) groups is 2. The van der Waals surface area contributed by atoms with Gasteiger partial charge in [-0.2, -0.15) is 0 Å². The smallest absolute Gasteiger partial charge is 0.306 e. The fourth-order valence-electron chi connectivity index (χ4n) is 10.1. The molecule has 2 unspecified atom stereocenters. The van der Waals surface area contributed by atoms with Crippen LogP contribution in [0, 0.1) is 0 Å². The van der Waals surface area contributed by atoms with Crippen molar-refractivity contribution in [2.45, 2.75) is 315 Å². The van der Waals surface area contributed by atoms with Crippen molar-refractivity contribution in [3.8, 4) is 0 Å². The first-order valence-electron chi connectivity index (χ1n) is 37.5. The van der Waals surface area contributed by atoms with E-state index in [0.29, 0.717) is 17.4 Å². The Hall–Kier alpha value is -4.11. The van der Waals surface area contributed by atoms with Crippen LogP contribution in [-0.2, 0) is 32.7 Å². The summed E-state index contributed by atoms with van der Waals surface area (Å²) in [6, 6.07) is 0. The molecule has 2 atom stereocenters. The second kappa shape index (κ2) is 71.2. The second-order valence-corrected chi connectivity index (χ2v) is 27.3. The molecule has 0 bridgehead atoms. The van der Waals surface area contributed by atoms with Crippen LogP contribution in [0.3, 0.4) is 0 Å². The van der Waals surface area contributed by atoms with Crippen molar-refractivity contribution < 1.29 is 42.1 Å². The predicted octanol–water partition coefficient (Wildman–Crippen LogP) is 24.3. The molecular formula is C82H140NO8P. The molecule has 0 aromatic rings. The fraction of sp³-hybridized carbons (Fsp3) is 0.683. The normalized spacial score (nSPS) is 13.9. The Labute approximate surface area is 567 Å². The first-order valence-corrected chi connectivity index (χ1v) is 39.0. The third kappa shape index (κ3) is 74.9. The Morgan fingerprint density at radius 1 is 0.348 bits per heavy atom. The van der Waals surface area contributed by atoms with Crippen LogP contribution in [0.5, 0.6) is 0 Å². The molecule has 9 nitrogen and oxygen atoms in total. The van der Waals surface area contributed by atoms with Gasteiger partial charge in [0, 0.05) is 12.8 Å². The predicted molar refractivity (Wildman–Crippen MR) is 397 cm³/mol. The number of nitrogens with zero attached hydrogens (tertiary/aromatic N) is 1. The van der Waals surface area contributed by atoms with Gasteiger partial charge >= 0.3 is 11.9 Å². The summed E-state index contributed by atoms with van der Waals surface area (Å²) in [4.78, 5) is 38.1. The minimum Gasteiger partial charge on any atom is -0.756 e. The molecule has 10 heteroatoms. The SMILES string of the molecule is CC/C=C\C/C=C\C/C=C\C/C=C\C/C=C\C/C=C\C/C=C\C/C=C\C/C=C\C/C=C\CCCCC(=O)OC(COC(=O)CCCCCCCCCCCCCCCCCCCCCCCCC/C=C\C/C=C\CCCCCCC)COP(=O)([O-])OCC[N+](C)(C)C.